The van der Waals surface area contributed by atoms with Gasteiger partial charge in [-0.05, 0) is 48.4 Å². The van der Waals surface area contributed by atoms with Crippen molar-refractivity contribution < 1.29 is 5.11 Å². The lowest BCUT2D eigenvalue weighted by molar-refractivity contribution is 0.452. The van der Waals surface area contributed by atoms with Gasteiger partial charge in [0.25, 0.3) is 0 Å². The van der Waals surface area contributed by atoms with Gasteiger partial charge in [-0.3, -0.25) is 0 Å². The Kier molecular flexibility index (Phi) is 3.40. The molecular formula is C17H14BrClN2O. The minimum absolute atomic E-state index is 0.0487. The number of nitrogens with one attached hydrogen (secondary N) is 2. The fourth-order valence-electron chi connectivity index (χ4n) is 3.22. The molecule has 0 saturated heterocycles. The molecule has 1 aliphatic heterocycles. The quantitative estimate of drug-likeness (QED) is 0.584. The zero-order valence-corrected chi connectivity index (χ0v) is 14.0. The Balaban J connectivity index is 1.92. The maximum Gasteiger partial charge on any atom is 0.120 e. The van der Waals surface area contributed by atoms with E-state index in [0.29, 0.717) is 5.75 Å². The molecule has 0 amide bonds. The van der Waals surface area contributed by atoms with E-state index in [9.17, 15) is 5.11 Å². The molecule has 2 heterocycles. The molecule has 2 aromatic carbocycles. The van der Waals surface area contributed by atoms with Crippen molar-refractivity contribution >= 4 is 38.4 Å². The van der Waals surface area contributed by atoms with Gasteiger partial charge in [-0.2, -0.15) is 0 Å². The number of halogens is 2. The summed E-state index contributed by atoms with van der Waals surface area (Å²) in [6.45, 7) is 0.864. The fraction of sp³-hybridized carbons (Fsp3) is 0.176. The molecule has 0 saturated carbocycles. The highest BCUT2D eigenvalue weighted by Crippen LogP contribution is 2.38. The average molecular weight is 378 g/mol. The summed E-state index contributed by atoms with van der Waals surface area (Å²) in [5.74, 6) is 0.297. The van der Waals surface area contributed by atoms with Crippen molar-refractivity contribution in [3.8, 4) is 5.75 Å². The highest BCUT2D eigenvalue weighted by atomic mass is 79.9. The smallest absolute Gasteiger partial charge is 0.120 e. The van der Waals surface area contributed by atoms with E-state index in [1.54, 1.807) is 6.07 Å². The molecule has 5 heteroatoms. The molecule has 3 aromatic rings. The molecule has 22 heavy (non-hydrogen) atoms. The van der Waals surface area contributed by atoms with Crippen LogP contribution in [0.2, 0.25) is 5.02 Å². The van der Waals surface area contributed by atoms with Gasteiger partial charge in [0.2, 0.25) is 0 Å². The van der Waals surface area contributed by atoms with Crippen LogP contribution in [0.3, 0.4) is 0 Å². The third kappa shape index (κ3) is 2.22. The molecule has 1 atom stereocenters. The van der Waals surface area contributed by atoms with Crippen LogP contribution >= 0.6 is 27.5 Å². The number of aromatic nitrogens is 1. The van der Waals surface area contributed by atoms with Crippen molar-refractivity contribution in [2.75, 3.05) is 6.54 Å². The number of hydrogen-bond donors (Lipinski definition) is 3. The lowest BCUT2D eigenvalue weighted by Crippen LogP contribution is -2.30. The number of aromatic amines is 1. The van der Waals surface area contributed by atoms with Crippen LogP contribution in [0.1, 0.15) is 22.9 Å². The Morgan fingerprint density at radius 3 is 2.91 bits per heavy atom. The van der Waals surface area contributed by atoms with Crippen molar-refractivity contribution in [2.24, 2.45) is 0 Å². The molecule has 3 nitrogen and oxygen atoms in total. The summed E-state index contributed by atoms with van der Waals surface area (Å²) >= 11 is 9.62. The van der Waals surface area contributed by atoms with Crippen LogP contribution < -0.4 is 5.32 Å². The molecule has 0 spiro atoms. The van der Waals surface area contributed by atoms with Crippen LogP contribution in [-0.2, 0) is 6.42 Å². The van der Waals surface area contributed by atoms with E-state index in [1.165, 1.54) is 10.9 Å². The number of aromatic hydroxyl groups is 1. The standard InChI is InChI=1S/C17H14BrClN2O/c18-9-1-4-15(22)13(7-9)16-17-11(5-6-20-16)12-8-10(19)2-3-14(12)21-17/h1-4,7-8,16,20-22H,5-6H2. The lowest BCUT2D eigenvalue weighted by Gasteiger charge is -2.25. The summed E-state index contributed by atoms with van der Waals surface area (Å²) in [6.07, 6.45) is 0.945. The Hall–Kier alpha value is -1.49. The van der Waals surface area contributed by atoms with E-state index >= 15 is 0 Å². The topological polar surface area (TPSA) is 48.0 Å². The van der Waals surface area contributed by atoms with Crippen molar-refractivity contribution in [2.45, 2.75) is 12.5 Å². The number of hydrogen-bond acceptors (Lipinski definition) is 2. The first-order chi connectivity index (χ1) is 10.6. The van der Waals surface area contributed by atoms with Crippen molar-refractivity contribution in [1.29, 1.82) is 0 Å². The van der Waals surface area contributed by atoms with E-state index in [-0.39, 0.29) is 6.04 Å². The van der Waals surface area contributed by atoms with Crippen LogP contribution in [0, 0.1) is 0 Å². The van der Waals surface area contributed by atoms with Gasteiger partial charge in [0.1, 0.15) is 5.75 Å². The molecule has 112 valence electrons. The van der Waals surface area contributed by atoms with Gasteiger partial charge in [0.05, 0.1) is 6.04 Å². The summed E-state index contributed by atoms with van der Waals surface area (Å²) in [6, 6.07) is 11.4. The Morgan fingerprint density at radius 2 is 2.05 bits per heavy atom. The van der Waals surface area contributed by atoms with E-state index in [4.69, 9.17) is 11.6 Å². The third-order valence-electron chi connectivity index (χ3n) is 4.21. The molecule has 0 bridgehead atoms. The molecule has 1 unspecified atom stereocenters. The molecule has 1 aliphatic rings. The summed E-state index contributed by atoms with van der Waals surface area (Å²) in [4.78, 5) is 3.49. The molecule has 4 rings (SSSR count). The summed E-state index contributed by atoms with van der Waals surface area (Å²) in [5, 5.41) is 15.6. The first kappa shape index (κ1) is 14.1. The molecule has 0 aliphatic carbocycles. The maximum atomic E-state index is 10.2. The van der Waals surface area contributed by atoms with E-state index < -0.39 is 0 Å². The highest BCUT2D eigenvalue weighted by molar-refractivity contribution is 9.10. The van der Waals surface area contributed by atoms with Crippen molar-refractivity contribution in [3.63, 3.8) is 0 Å². The second kappa shape index (κ2) is 5.30. The summed E-state index contributed by atoms with van der Waals surface area (Å²) in [5.41, 5.74) is 4.34. The van der Waals surface area contributed by atoms with Gasteiger partial charge < -0.3 is 15.4 Å². The first-order valence-electron chi connectivity index (χ1n) is 7.15. The molecular weight excluding hydrogens is 364 g/mol. The second-order valence-electron chi connectivity index (χ2n) is 5.55. The second-order valence-corrected chi connectivity index (χ2v) is 6.90. The van der Waals surface area contributed by atoms with Gasteiger partial charge in [-0.1, -0.05) is 27.5 Å². The Bertz CT molecular complexity index is 874. The maximum absolute atomic E-state index is 10.2. The predicted molar refractivity (Wildman–Crippen MR) is 92.7 cm³/mol. The monoisotopic (exact) mass is 376 g/mol. The first-order valence-corrected chi connectivity index (χ1v) is 8.32. The predicted octanol–water partition coefficient (Wildman–Crippen LogP) is 4.52. The van der Waals surface area contributed by atoms with Crippen molar-refractivity contribution in [3.05, 3.63) is 62.7 Å². The SMILES string of the molecule is Oc1ccc(Br)cc1C1NCCc2c1[nH]c1ccc(Cl)cc21. The third-order valence-corrected chi connectivity index (χ3v) is 4.94. The molecule has 3 N–H and O–H groups in total. The minimum Gasteiger partial charge on any atom is -0.508 e. The van der Waals surface area contributed by atoms with Gasteiger partial charge in [-0.25, -0.2) is 0 Å². The van der Waals surface area contributed by atoms with Gasteiger partial charge in [0, 0.05) is 38.2 Å². The summed E-state index contributed by atoms with van der Waals surface area (Å²) in [7, 11) is 0. The van der Waals surface area contributed by atoms with E-state index in [1.807, 2.05) is 30.3 Å². The zero-order valence-electron chi connectivity index (χ0n) is 11.7. The molecule has 0 fully saturated rings. The lowest BCUT2D eigenvalue weighted by atomic mass is 9.94. The number of benzene rings is 2. The van der Waals surface area contributed by atoms with Crippen LogP contribution in [0.5, 0.6) is 5.75 Å². The number of phenolic OH excluding ortho intramolecular Hbond substituents is 1. The van der Waals surface area contributed by atoms with Crippen LogP contribution in [-0.4, -0.2) is 16.6 Å². The molecule has 1 aromatic heterocycles. The molecule has 0 radical (unpaired) electrons. The van der Waals surface area contributed by atoms with Crippen LogP contribution in [0.4, 0.5) is 0 Å². The van der Waals surface area contributed by atoms with Crippen LogP contribution in [0.25, 0.3) is 10.9 Å². The number of rotatable bonds is 1. The summed E-state index contributed by atoms with van der Waals surface area (Å²) < 4.78 is 0.952. The largest absolute Gasteiger partial charge is 0.508 e. The van der Waals surface area contributed by atoms with Crippen molar-refractivity contribution in [1.82, 2.24) is 10.3 Å². The minimum atomic E-state index is -0.0487. The number of H-pyrrole nitrogens is 1. The zero-order chi connectivity index (χ0) is 15.3. The van der Waals surface area contributed by atoms with Gasteiger partial charge in [-0.15, -0.1) is 0 Å². The average Bonchev–Trinajstić information content (AvgIpc) is 2.88. The van der Waals surface area contributed by atoms with E-state index in [2.05, 4.69) is 26.2 Å². The van der Waals surface area contributed by atoms with E-state index in [0.717, 1.165) is 39.2 Å². The van der Waals surface area contributed by atoms with Crippen LogP contribution in [0.15, 0.2) is 40.9 Å². The van der Waals surface area contributed by atoms with Gasteiger partial charge >= 0.3 is 0 Å². The Morgan fingerprint density at radius 1 is 1.18 bits per heavy atom. The Labute approximate surface area is 141 Å². The highest BCUT2D eigenvalue weighted by Gasteiger charge is 2.27. The normalized spacial score (nSPS) is 17.6. The fourth-order valence-corrected chi connectivity index (χ4v) is 3.77. The number of phenols is 1. The number of fused-ring (bicyclic) bond motifs is 3. The van der Waals surface area contributed by atoms with Gasteiger partial charge in [0.15, 0.2) is 0 Å².